The van der Waals surface area contributed by atoms with Crippen molar-refractivity contribution >= 4 is 5.97 Å². The van der Waals surface area contributed by atoms with Gasteiger partial charge in [0, 0.05) is 11.9 Å². The van der Waals surface area contributed by atoms with Crippen molar-refractivity contribution in [1.82, 2.24) is 4.98 Å². The van der Waals surface area contributed by atoms with Gasteiger partial charge in [0.25, 0.3) is 0 Å². The number of aromatic nitrogens is 1. The smallest absolute Gasteiger partial charge is 0.315 e. The van der Waals surface area contributed by atoms with Gasteiger partial charge < -0.3 is 10.1 Å². The maximum atomic E-state index is 11.2. The van der Waals surface area contributed by atoms with Crippen LogP contribution in [0.25, 0.3) is 0 Å². The second-order valence-corrected chi connectivity index (χ2v) is 3.68. The third-order valence-corrected chi connectivity index (χ3v) is 2.98. The number of hydrogen-bond donors (Lipinski definition) is 2. The predicted molar refractivity (Wildman–Crippen MR) is 48.6 cm³/mol. The van der Waals surface area contributed by atoms with E-state index in [1.807, 2.05) is 12.1 Å². The van der Waals surface area contributed by atoms with E-state index in [1.54, 1.807) is 6.20 Å². The minimum Gasteiger partial charge on any atom is -0.481 e. The molecule has 0 aromatic carbocycles. The summed E-state index contributed by atoms with van der Waals surface area (Å²) in [6.07, 6.45) is 5.36. The number of carboxylic acids is 1. The van der Waals surface area contributed by atoms with Crippen molar-refractivity contribution in [2.75, 3.05) is 0 Å². The lowest BCUT2D eigenvalue weighted by atomic mass is 9.83. The van der Waals surface area contributed by atoms with Crippen LogP contribution in [0.4, 0.5) is 0 Å². The van der Waals surface area contributed by atoms with Crippen molar-refractivity contribution in [3.63, 3.8) is 0 Å². The molecule has 1 aromatic rings. The monoisotopic (exact) mass is 179 g/mol. The molecule has 0 atom stereocenters. The molecule has 0 unspecified atom stereocenters. The van der Waals surface area contributed by atoms with Crippen molar-refractivity contribution in [3.05, 3.63) is 24.0 Å². The van der Waals surface area contributed by atoms with Gasteiger partial charge in [0.2, 0.25) is 0 Å². The first-order valence-corrected chi connectivity index (χ1v) is 4.63. The van der Waals surface area contributed by atoms with Gasteiger partial charge in [-0.05, 0) is 25.0 Å². The molecule has 0 saturated heterocycles. The molecule has 1 heterocycles. The number of H-pyrrole nitrogens is 1. The van der Waals surface area contributed by atoms with Gasteiger partial charge in [0.15, 0.2) is 0 Å². The lowest BCUT2D eigenvalue weighted by Gasteiger charge is -2.22. The molecule has 0 aliphatic heterocycles. The van der Waals surface area contributed by atoms with Gasteiger partial charge >= 0.3 is 5.97 Å². The first kappa shape index (κ1) is 8.35. The molecule has 0 spiro atoms. The first-order chi connectivity index (χ1) is 6.26. The number of nitrogens with one attached hydrogen (secondary N) is 1. The van der Waals surface area contributed by atoms with E-state index in [9.17, 15) is 9.90 Å². The van der Waals surface area contributed by atoms with Crippen LogP contribution in [-0.2, 0) is 10.2 Å². The molecule has 1 aliphatic carbocycles. The van der Waals surface area contributed by atoms with Gasteiger partial charge in [0.1, 0.15) is 5.41 Å². The molecule has 0 amide bonds. The van der Waals surface area contributed by atoms with Crippen LogP contribution in [-0.4, -0.2) is 16.1 Å². The summed E-state index contributed by atoms with van der Waals surface area (Å²) in [4.78, 5) is 14.2. The van der Waals surface area contributed by atoms with E-state index in [2.05, 4.69) is 4.98 Å². The fourth-order valence-corrected chi connectivity index (χ4v) is 2.20. The SMILES string of the molecule is O=C(O)C1(c2ccc[nH]2)CCCC1. The van der Waals surface area contributed by atoms with E-state index in [0.29, 0.717) is 0 Å². The van der Waals surface area contributed by atoms with E-state index in [4.69, 9.17) is 0 Å². The van der Waals surface area contributed by atoms with Crippen molar-refractivity contribution in [2.45, 2.75) is 31.1 Å². The second-order valence-electron chi connectivity index (χ2n) is 3.68. The number of aromatic amines is 1. The minimum absolute atomic E-state index is 0.622. The number of carboxylic acid groups (broad SMARTS) is 1. The van der Waals surface area contributed by atoms with Crippen molar-refractivity contribution in [2.24, 2.45) is 0 Å². The highest BCUT2D eigenvalue weighted by atomic mass is 16.4. The quantitative estimate of drug-likeness (QED) is 0.728. The molecule has 0 radical (unpaired) electrons. The highest BCUT2D eigenvalue weighted by Crippen LogP contribution is 2.40. The van der Waals surface area contributed by atoms with Crippen molar-refractivity contribution < 1.29 is 9.90 Å². The second kappa shape index (κ2) is 2.91. The van der Waals surface area contributed by atoms with Crippen LogP contribution in [0, 0.1) is 0 Å². The van der Waals surface area contributed by atoms with Gasteiger partial charge in [-0.1, -0.05) is 12.8 Å². The van der Waals surface area contributed by atoms with Crippen molar-refractivity contribution in [1.29, 1.82) is 0 Å². The zero-order chi connectivity index (χ0) is 9.31. The van der Waals surface area contributed by atoms with E-state index >= 15 is 0 Å². The summed E-state index contributed by atoms with van der Waals surface area (Å²) in [6.45, 7) is 0. The van der Waals surface area contributed by atoms with Crippen LogP contribution in [0.1, 0.15) is 31.4 Å². The minimum atomic E-state index is -0.688. The Balaban J connectivity index is 2.39. The standard InChI is InChI=1S/C10H13NO2/c12-9(13)10(5-1-2-6-10)8-4-3-7-11-8/h3-4,7,11H,1-2,5-6H2,(H,12,13). The third-order valence-electron chi connectivity index (χ3n) is 2.98. The lowest BCUT2D eigenvalue weighted by Crippen LogP contribution is -2.32. The average Bonchev–Trinajstić information content (AvgIpc) is 2.75. The van der Waals surface area contributed by atoms with Gasteiger partial charge in [-0.2, -0.15) is 0 Å². The maximum absolute atomic E-state index is 11.2. The molecule has 1 fully saturated rings. The molecule has 1 aromatic heterocycles. The number of aliphatic carboxylic acids is 1. The van der Waals surface area contributed by atoms with Gasteiger partial charge in [-0.15, -0.1) is 0 Å². The Labute approximate surface area is 76.8 Å². The van der Waals surface area contributed by atoms with Gasteiger partial charge in [0.05, 0.1) is 0 Å². The van der Waals surface area contributed by atoms with E-state index in [1.165, 1.54) is 0 Å². The predicted octanol–water partition coefficient (Wildman–Crippen LogP) is 1.91. The fraction of sp³-hybridized carbons (Fsp3) is 0.500. The Hall–Kier alpha value is -1.25. The zero-order valence-electron chi connectivity index (χ0n) is 7.42. The molecule has 1 saturated carbocycles. The summed E-state index contributed by atoms with van der Waals surface area (Å²) in [6, 6.07) is 3.73. The molecule has 70 valence electrons. The highest BCUT2D eigenvalue weighted by Gasteiger charge is 2.43. The first-order valence-electron chi connectivity index (χ1n) is 4.63. The lowest BCUT2D eigenvalue weighted by molar-refractivity contribution is -0.143. The summed E-state index contributed by atoms with van der Waals surface area (Å²) in [5, 5.41) is 9.22. The van der Waals surface area contributed by atoms with Crippen LogP contribution in [0.15, 0.2) is 18.3 Å². The average molecular weight is 179 g/mol. The number of rotatable bonds is 2. The Kier molecular flexibility index (Phi) is 1.87. The topological polar surface area (TPSA) is 53.1 Å². The van der Waals surface area contributed by atoms with Crippen LogP contribution in [0.3, 0.4) is 0 Å². The normalized spacial score (nSPS) is 20.3. The molecule has 3 nitrogen and oxygen atoms in total. The molecule has 3 heteroatoms. The van der Waals surface area contributed by atoms with Crippen LogP contribution in [0.2, 0.25) is 0 Å². The van der Waals surface area contributed by atoms with Crippen LogP contribution >= 0.6 is 0 Å². The van der Waals surface area contributed by atoms with E-state index in [-0.39, 0.29) is 0 Å². The summed E-state index contributed by atoms with van der Waals surface area (Å²) < 4.78 is 0. The number of carbonyl (C=O) groups is 1. The largest absolute Gasteiger partial charge is 0.481 e. The van der Waals surface area contributed by atoms with Gasteiger partial charge in [-0.3, -0.25) is 4.79 Å². The molecule has 1 aliphatic rings. The Bertz CT molecular complexity index is 297. The van der Waals surface area contributed by atoms with Crippen LogP contribution < -0.4 is 0 Å². The Morgan fingerprint density at radius 2 is 2.15 bits per heavy atom. The molecule has 0 bridgehead atoms. The number of hydrogen-bond acceptors (Lipinski definition) is 1. The highest BCUT2D eigenvalue weighted by molar-refractivity contribution is 5.81. The Morgan fingerprint density at radius 1 is 1.46 bits per heavy atom. The molecule has 2 N–H and O–H groups in total. The fourth-order valence-electron chi connectivity index (χ4n) is 2.20. The van der Waals surface area contributed by atoms with Crippen LogP contribution in [0.5, 0.6) is 0 Å². The third kappa shape index (κ3) is 1.15. The molecule has 2 rings (SSSR count). The van der Waals surface area contributed by atoms with Crippen molar-refractivity contribution in [3.8, 4) is 0 Å². The zero-order valence-corrected chi connectivity index (χ0v) is 7.42. The summed E-state index contributed by atoms with van der Waals surface area (Å²) >= 11 is 0. The Morgan fingerprint density at radius 3 is 2.62 bits per heavy atom. The summed E-state index contributed by atoms with van der Waals surface area (Å²) in [5.41, 5.74) is 0.237. The molecule has 13 heavy (non-hydrogen) atoms. The van der Waals surface area contributed by atoms with E-state index in [0.717, 1.165) is 31.4 Å². The summed E-state index contributed by atoms with van der Waals surface area (Å²) in [5.74, 6) is -0.688. The molecular formula is C10H13NO2. The van der Waals surface area contributed by atoms with E-state index < -0.39 is 11.4 Å². The maximum Gasteiger partial charge on any atom is 0.315 e. The summed E-state index contributed by atoms with van der Waals surface area (Å²) in [7, 11) is 0. The molecular weight excluding hydrogens is 166 g/mol. The van der Waals surface area contributed by atoms with Gasteiger partial charge in [-0.25, -0.2) is 0 Å².